The highest BCUT2D eigenvalue weighted by Gasteiger charge is 2.34. The number of aromatic nitrogens is 3. The van der Waals surface area contributed by atoms with Crippen molar-refractivity contribution in [3.05, 3.63) is 47.9 Å². The average Bonchev–Trinajstić information content (AvgIpc) is 3.16. The van der Waals surface area contributed by atoms with Gasteiger partial charge in [0.15, 0.2) is 0 Å². The van der Waals surface area contributed by atoms with E-state index in [0.29, 0.717) is 36.8 Å². The molecule has 2 heterocycles. The third-order valence-corrected chi connectivity index (χ3v) is 5.81. The minimum absolute atomic E-state index is 0.0663. The fraction of sp³-hybridized carbons (Fsp3) is 0.381. The van der Waals surface area contributed by atoms with Crippen LogP contribution in [0.5, 0.6) is 0 Å². The third kappa shape index (κ3) is 4.13. The number of hydrogen-bond donors (Lipinski definition) is 3. The van der Waals surface area contributed by atoms with Crippen molar-refractivity contribution in [3.8, 4) is 11.1 Å². The lowest BCUT2D eigenvalue weighted by atomic mass is 9.83. The first-order valence-electron chi connectivity index (χ1n) is 9.80. The number of aliphatic hydroxyl groups is 2. The van der Waals surface area contributed by atoms with Crippen molar-refractivity contribution in [1.29, 1.82) is 0 Å². The van der Waals surface area contributed by atoms with E-state index in [1.807, 2.05) is 10.9 Å². The molecule has 3 aromatic rings. The molecule has 31 heavy (non-hydrogen) atoms. The Morgan fingerprint density at radius 1 is 1.23 bits per heavy atom. The van der Waals surface area contributed by atoms with Gasteiger partial charge in [-0.05, 0) is 55.5 Å². The van der Waals surface area contributed by atoms with E-state index < -0.39 is 29.1 Å². The van der Waals surface area contributed by atoms with Gasteiger partial charge in [0, 0.05) is 17.1 Å². The summed E-state index contributed by atoms with van der Waals surface area (Å²) < 4.78 is 40.7. The van der Waals surface area contributed by atoms with Gasteiger partial charge in [-0.3, -0.25) is 9.48 Å². The molecule has 164 valence electrons. The Labute approximate surface area is 175 Å². The Morgan fingerprint density at radius 3 is 2.55 bits per heavy atom. The van der Waals surface area contributed by atoms with Crippen molar-refractivity contribution in [3.63, 3.8) is 0 Å². The summed E-state index contributed by atoms with van der Waals surface area (Å²) in [5, 5.41) is 24.8. The van der Waals surface area contributed by atoms with Gasteiger partial charge in [-0.25, -0.2) is 4.98 Å². The molecule has 1 aliphatic rings. The lowest BCUT2D eigenvalue weighted by Crippen LogP contribution is -2.38. The van der Waals surface area contributed by atoms with E-state index in [1.165, 1.54) is 6.07 Å². The summed E-state index contributed by atoms with van der Waals surface area (Å²) in [5.74, 6) is -1.05. The van der Waals surface area contributed by atoms with Crippen LogP contribution in [0.15, 0.2) is 36.5 Å². The fourth-order valence-corrected chi connectivity index (χ4v) is 4.00. The van der Waals surface area contributed by atoms with Crippen LogP contribution in [-0.4, -0.2) is 43.1 Å². The number of alkyl halides is 3. The summed E-state index contributed by atoms with van der Waals surface area (Å²) in [5.41, 5.74) is 4.01. The van der Waals surface area contributed by atoms with Crippen molar-refractivity contribution < 1.29 is 28.2 Å². The number of pyridine rings is 1. The number of amides is 1. The zero-order chi connectivity index (χ0) is 22.4. The first-order valence-corrected chi connectivity index (χ1v) is 9.80. The second-order valence-corrected chi connectivity index (χ2v) is 7.95. The maximum Gasteiger partial charge on any atom is 0.433 e. The van der Waals surface area contributed by atoms with Gasteiger partial charge in [0.05, 0.1) is 23.8 Å². The molecule has 0 radical (unpaired) electrons. The molecule has 0 bridgehead atoms. The number of primary amides is 1. The average molecular weight is 434 g/mol. The number of fused-ring (bicyclic) bond motifs is 1. The number of aliphatic hydroxyl groups excluding tert-OH is 1. The third-order valence-electron chi connectivity index (χ3n) is 5.81. The van der Waals surface area contributed by atoms with Gasteiger partial charge >= 0.3 is 6.18 Å². The zero-order valence-electron chi connectivity index (χ0n) is 16.4. The molecular formula is C21H21F3N4O3. The molecule has 0 spiro atoms. The monoisotopic (exact) mass is 434 g/mol. The van der Waals surface area contributed by atoms with Crippen LogP contribution in [0.25, 0.3) is 22.0 Å². The van der Waals surface area contributed by atoms with Crippen molar-refractivity contribution >= 4 is 16.8 Å². The van der Waals surface area contributed by atoms with E-state index in [4.69, 9.17) is 5.73 Å². The number of nitrogens with zero attached hydrogens (tertiary/aromatic N) is 3. The summed E-state index contributed by atoms with van der Waals surface area (Å²) in [6.45, 7) is -0.270. The molecule has 0 unspecified atom stereocenters. The maximum absolute atomic E-state index is 13.0. The number of benzene rings is 1. The number of hydrogen-bond acceptors (Lipinski definition) is 5. The molecule has 1 amide bonds. The summed E-state index contributed by atoms with van der Waals surface area (Å²) in [7, 11) is 0. The molecule has 10 heteroatoms. The topological polar surface area (TPSA) is 114 Å². The van der Waals surface area contributed by atoms with Crippen molar-refractivity contribution in [2.45, 2.75) is 43.5 Å². The van der Waals surface area contributed by atoms with E-state index in [9.17, 15) is 28.2 Å². The molecule has 1 fully saturated rings. The lowest BCUT2D eigenvalue weighted by Gasteiger charge is -2.34. The molecule has 2 aromatic heterocycles. The largest absolute Gasteiger partial charge is 0.433 e. The van der Waals surface area contributed by atoms with Gasteiger partial charge in [-0.15, -0.1) is 0 Å². The summed E-state index contributed by atoms with van der Waals surface area (Å²) in [6, 6.07) is 7.18. The summed E-state index contributed by atoms with van der Waals surface area (Å²) >= 11 is 0. The molecule has 0 atom stereocenters. The van der Waals surface area contributed by atoms with Gasteiger partial charge < -0.3 is 15.9 Å². The van der Waals surface area contributed by atoms with Crippen LogP contribution in [0.2, 0.25) is 0 Å². The van der Waals surface area contributed by atoms with Crippen LogP contribution < -0.4 is 5.73 Å². The summed E-state index contributed by atoms with van der Waals surface area (Å²) in [4.78, 5) is 15.2. The maximum atomic E-state index is 13.0. The predicted molar refractivity (Wildman–Crippen MR) is 106 cm³/mol. The van der Waals surface area contributed by atoms with Crippen molar-refractivity contribution in [2.75, 3.05) is 6.61 Å². The van der Waals surface area contributed by atoms with E-state index in [2.05, 4.69) is 10.1 Å². The Kier molecular flexibility index (Phi) is 5.22. The minimum Gasteiger partial charge on any atom is -0.393 e. The van der Waals surface area contributed by atoms with Gasteiger partial charge in [-0.2, -0.15) is 18.3 Å². The number of nitrogens with two attached hydrogens (primary N) is 1. The number of halogens is 3. The number of carbonyl (C=O) groups is 1. The van der Waals surface area contributed by atoms with Gasteiger partial charge in [-0.1, -0.05) is 6.07 Å². The van der Waals surface area contributed by atoms with E-state index in [-0.39, 0.29) is 18.2 Å². The van der Waals surface area contributed by atoms with Crippen LogP contribution in [0, 0.1) is 0 Å². The zero-order valence-corrected chi connectivity index (χ0v) is 16.4. The second kappa shape index (κ2) is 7.61. The van der Waals surface area contributed by atoms with Gasteiger partial charge in [0.1, 0.15) is 11.4 Å². The fourth-order valence-electron chi connectivity index (χ4n) is 4.00. The van der Waals surface area contributed by atoms with Crippen LogP contribution in [0.4, 0.5) is 13.2 Å². The van der Waals surface area contributed by atoms with Crippen LogP contribution in [-0.2, 0) is 6.18 Å². The minimum atomic E-state index is -4.68. The molecule has 1 saturated carbocycles. The SMILES string of the molecule is NC(=O)c1nc(C(F)(F)F)ccc1-c1ccc2nn(C3CCC(O)(CO)CC3)cc2c1. The molecule has 7 nitrogen and oxygen atoms in total. The molecule has 4 N–H and O–H groups in total. The predicted octanol–water partition coefficient (Wildman–Crippen LogP) is 3.05. The normalized spacial score (nSPS) is 22.0. The molecule has 0 saturated heterocycles. The van der Waals surface area contributed by atoms with E-state index in [1.54, 1.807) is 18.2 Å². The molecule has 1 aliphatic carbocycles. The van der Waals surface area contributed by atoms with Crippen molar-refractivity contribution in [1.82, 2.24) is 14.8 Å². The highest BCUT2D eigenvalue weighted by Crippen LogP contribution is 2.36. The summed E-state index contributed by atoms with van der Waals surface area (Å²) in [6.07, 6.45) is -0.604. The van der Waals surface area contributed by atoms with Crippen LogP contribution in [0.3, 0.4) is 0 Å². The van der Waals surface area contributed by atoms with Crippen LogP contribution in [0.1, 0.15) is 47.9 Å². The highest BCUT2D eigenvalue weighted by molar-refractivity contribution is 5.99. The van der Waals surface area contributed by atoms with Crippen LogP contribution >= 0.6 is 0 Å². The van der Waals surface area contributed by atoms with Gasteiger partial charge in [0.2, 0.25) is 0 Å². The standard InChI is InChI=1S/C21H21F3N4O3/c22-21(23,24)17-4-2-15(18(26-17)19(25)30)12-1-3-16-13(9-12)10-28(27-16)14-5-7-20(31,11-29)8-6-14/h1-4,9-10,14,29,31H,5-8,11H2,(H2,25,30). The first kappa shape index (κ1) is 21.3. The Bertz CT molecular complexity index is 1130. The molecular weight excluding hydrogens is 413 g/mol. The number of rotatable bonds is 4. The smallest absolute Gasteiger partial charge is 0.393 e. The second-order valence-electron chi connectivity index (χ2n) is 7.95. The quantitative estimate of drug-likeness (QED) is 0.584. The molecule has 0 aliphatic heterocycles. The highest BCUT2D eigenvalue weighted by atomic mass is 19.4. The Balaban J connectivity index is 1.67. The Morgan fingerprint density at radius 2 is 1.94 bits per heavy atom. The number of carbonyl (C=O) groups excluding carboxylic acids is 1. The van der Waals surface area contributed by atoms with Gasteiger partial charge in [0.25, 0.3) is 5.91 Å². The van der Waals surface area contributed by atoms with E-state index >= 15 is 0 Å². The van der Waals surface area contributed by atoms with E-state index in [0.717, 1.165) is 11.5 Å². The molecule has 4 rings (SSSR count). The molecule has 1 aromatic carbocycles. The Hall–Kier alpha value is -2.98. The van der Waals surface area contributed by atoms with Crippen molar-refractivity contribution in [2.24, 2.45) is 5.73 Å². The lowest BCUT2D eigenvalue weighted by molar-refractivity contribution is -0.141. The first-order chi connectivity index (χ1) is 14.6.